The molecule has 1 fully saturated rings. The van der Waals surface area contributed by atoms with Gasteiger partial charge in [-0.2, -0.15) is 5.10 Å². The van der Waals surface area contributed by atoms with E-state index in [0.717, 1.165) is 40.2 Å². The van der Waals surface area contributed by atoms with Gasteiger partial charge in [-0.1, -0.05) is 17.8 Å². The van der Waals surface area contributed by atoms with E-state index in [1.54, 1.807) is 36.7 Å². The van der Waals surface area contributed by atoms with Crippen molar-refractivity contribution >= 4 is 29.0 Å². The number of aryl methyl sites for hydroxylation is 1. The monoisotopic (exact) mass is 505 g/mol. The highest BCUT2D eigenvalue weighted by Crippen LogP contribution is 2.32. The van der Waals surface area contributed by atoms with Gasteiger partial charge in [0, 0.05) is 28.6 Å². The normalized spacial score (nSPS) is 13.7. The first-order chi connectivity index (χ1) is 17.2. The van der Waals surface area contributed by atoms with Gasteiger partial charge in [0.25, 0.3) is 5.91 Å². The Bertz CT molecular complexity index is 1420. The standard InChI is InChI=1S/C27H28FN5O2S/c1-16-12-17(4-11-21(16)26(34)31-19-7-8-19)23-14-29-25-22(30-15-27(2,3)35)13-24(32-33(23)25)36-20-9-5-18(28)6-10-20/h4-6,9-14,19,30,35H,7-8,15H2,1-3H3,(H,31,34). The number of fused-ring (bicyclic) bond motifs is 1. The summed E-state index contributed by atoms with van der Waals surface area (Å²) >= 11 is 1.41. The van der Waals surface area contributed by atoms with Crippen molar-refractivity contribution in [1.82, 2.24) is 19.9 Å². The molecule has 0 radical (unpaired) electrons. The zero-order valence-corrected chi connectivity index (χ0v) is 21.2. The van der Waals surface area contributed by atoms with Gasteiger partial charge in [-0.15, -0.1) is 0 Å². The first kappa shape index (κ1) is 24.3. The van der Waals surface area contributed by atoms with E-state index < -0.39 is 5.60 Å². The Hall–Kier alpha value is -3.43. The van der Waals surface area contributed by atoms with Gasteiger partial charge in [-0.25, -0.2) is 13.9 Å². The number of halogens is 1. The van der Waals surface area contributed by atoms with Crippen LogP contribution in [0.5, 0.6) is 0 Å². The maximum absolute atomic E-state index is 13.4. The second-order valence-electron chi connectivity index (χ2n) is 9.77. The van der Waals surface area contributed by atoms with Crippen LogP contribution < -0.4 is 10.6 Å². The van der Waals surface area contributed by atoms with Gasteiger partial charge >= 0.3 is 0 Å². The molecule has 2 aromatic carbocycles. The lowest BCUT2D eigenvalue weighted by atomic mass is 10.0. The maximum Gasteiger partial charge on any atom is 0.251 e. The highest BCUT2D eigenvalue weighted by atomic mass is 32.2. The number of aromatic nitrogens is 3. The first-order valence-electron chi connectivity index (χ1n) is 11.9. The minimum Gasteiger partial charge on any atom is -0.389 e. The summed E-state index contributed by atoms with van der Waals surface area (Å²) in [7, 11) is 0. The van der Waals surface area contributed by atoms with E-state index in [2.05, 4.69) is 15.6 Å². The molecule has 1 saturated carbocycles. The summed E-state index contributed by atoms with van der Waals surface area (Å²) in [6.45, 7) is 5.70. The number of hydrogen-bond acceptors (Lipinski definition) is 6. The molecular weight excluding hydrogens is 477 g/mol. The average Bonchev–Trinajstić information content (AvgIpc) is 3.53. The quantitative estimate of drug-likeness (QED) is 0.310. The van der Waals surface area contributed by atoms with Crippen LogP contribution in [-0.2, 0) is 0 Å². The second kappa shape index (κ2) is 9.55. The number of amides is 1. The largest absolute Gasteiger partial charge is 0.389 e. The number of carbonyl (C=O) groups is 1. The van der Waals surface area contributed by atoms with Crippen LogP contribution in [0.25, 0.3) is 16.9 Å². The molecular formula is C27H28FN5O2S. The molecule has 1 amide bonds. The SMILES string of the molecule is Cc1cc(-c2cnc3c(NCC(C)(C)O)cc(Sc4ccc(F)cc4)nn23)ccc1C(=O)NC1CC1. The number of hydrogen-bond donors (Lipinski definition) is 3. The van der Waals surface area contributed by atoms with E-state index in [1.807, 2.05) is 31.2 Å². The van der Waals surface area contributed by atoms with Crippen molar-refractivity contribution < 1.29 is 14.3 Å². The summed E-state index contributed by atoms with van der Waals surface area (Å²) in [6.07, 6.45) is 3.83. The van der Waals surface area contributed by atoms with Crippen molar-refractivity contribution in [3.05, 3.63) is 71.7 Å². The van der Waals surface area contributed by atoms with Gasteiger partial charge in [-0.3, -0.25) is 4.79 Å². The highest BCUT2D eigenvalue weighted by molar-refractivity contribution is 7.99. The van der Waals surface area contributed by atoms with E-state index >= 15 is 0 Å². The molecule has 2 heterocycles. The molecule has 2 aromatic heterocycles. The average molecular weight is 506 g/mol. The summed E-state index contributed by atoms with van der Waals surface area (Å²) < 4.78 is 15.2. The summed E-state index contributed by atoms with van der Waals surface area (Å²) in [5.74, 6) is -0.342. The smallest absolute Gasteiger partial charge is 0.251 e. The molecule has 0 unspecified atom stereocenters. The molecule has 186 valence electrons. The highest BCUT2D eigenvalue weighted by Gasteiger charge is 2.24. The Morgan fingerprint density at radius 2 is 1.94 bits per heavy atom. The van der Waals surface area contributed by atoms with Crippen LogP contribution in [0.3, 0.4) is 0 Å². The first-order valence-corrected chi connectivity index (χ1v) is 12.7. The molecule has 4 aromatic rings. The molecule has 1 aliphatic carbocycles. The molecule has 0 aliphatic heterocycles. The summed E-state index contributed by atoms with van der Waals surface area (Å²) in [5, 5.41) is 22.1. The molecule has 0 spiro atoms. The van der Waals surface area contributed by atoms with Gasteiger partial charge in [0.1, 0.15) is 10.8 Å². The Labute approximate surface area is 213 Å². The number of nitrogens with zero attached hydrogens (tertiary/aromatic N) is 3. The van der Waals surface area contributed by atoms with E-state index in [9.17, 15) is 14.3 Å². The molecule has 1 aliphatic rings. The zero-order chi connectivity index (χ0) is 25.4. The van der Waals surface area contributed by atoms with E-state index in [4.69, 9.17) is 5.10 Å². The van der Waals surface area contributed by atoms with Crippen molar-refractivity contribution in [2.24, 2.45) is 0 Å². The number of anilines is 1. The lowest BCUT2D eigenvalue weighted by molar-refractivity contribution is 0.0940. The van der Waals surface area contributed by atoms with Gasteiger partial charge in [0.15, 0.2) is 5.65 Å². The number of imidazole rings is 1. The number of aliphatic hydroxyl groups is 1. The van der Waals surface area contributed by atoms with E-state index in [0.29, 0.717) is 28.8 Å². The number of benzene rings is 2. The molecule has 36 heavy (non-hydrogen) atoms. The van der Waals surface area contributed by atoms with Crippen molar-refractivity contribution in [2.75, 3.05) is 11.9 Å². The van der Waals surface area contributed by atoms with E-state index in [-0.39, 0.29) is 11.7 Å². The Morgan fingerprint density at radius 3 is 2.61 bits per heavy atom. The van der Waals surface area contributed by atoms with Crippen LogP contribution in [0.1, 0.15) is 42.6 Å². The summed E-state index contributed by atoms with van der Waals surface area (Å²) in [6, 6.07) is 14.1. The predicted molar refractivity (Wildman–Crippen MR) is 139 cm³/mol. The molecule has 9 heteroatoms. The fraction of sp³-hybridized carbons (Fsp3) is 0.296. The molecule has 0 atom stereocenters. The van der Waals surface area contributed by atoms with Crippen LogP contribution in [0.2, 0.25) is 0 Å². The van der Waals surface area contributed by atoms with Crippen molar-refractivity contribution in [3.63, 3.8) is 0 Å². The number of carbonyl (C=O) groups excluding carboxylic acids is 1. The molecule has 7 nitrogen and oxygen atoms in total. The van der Waals surface area contributed by atoms with Gasteiger partial charge in [0.05, 0.1) is 23.2 Å². The molecule has 0 bridgehead atoms. The fourth-order valence-corrected chi connectivity index (χ4v) is 4.64. The third-order valence-corrected chi connectivity index (χ3v) is 6.79. The Balaban J connectivity index is 1.53. The zero-order valence-electron chi connectivity index (χ0n) is 20.4. The van der Waals surface area contributed by atoms with Crippen molar-refractivity contribution in [1.29, 1.82) is 0 Å². The fourth-order valence-electron chi connectivity index (χ4n) is 3.83. The van der Waals surface area contributed by atoms with Crippen molar-refractivity contribution in [2.45, 2.75) is 55.2 Å². The molecule has 0 saturated heterocycles. The van der Waals surface area contributed by atoms with Crippen molar-refractivity contribution in [3.8, 4) is 11.3 Å². The van der Waals surface area contributed by atoms with Crippen LogP contribution >= 0.6 is 11.8 Å². The third kappa shape index (κ3) is 5.52. The predicted octanol–water partition coefficient (Wildman–Crippen LogP) is 5.07. The maximum atomic E-state index is 13.4. The number of rotatable bonds is 8. The summed E-state index contributed by atoms with van der Waals surface area (Å²) in [5.41, 5.74) is 3.60. The van der Waals surface area contributed by atoms with Crippen LogP contribution in [-0.4, -0.2) is 43.8 Å². The molecule has 5 rings (SSSR count). The van der Waals surface area contributed by atoms with Crippen LogP contribution in [0.4, 0.5) is 10.1 Å². The summed E-state index contributed by atoms with van der Waals surface area (Å²) in [4.78, 5) is 18.0. The van der Waals surface area contributed by atoms with Crippen LogP contribution in [0, 0.1) is 12.7 Å². The minimum absolute atomic E-state index is 0.0473. The Morgan fingerprint density at radius 1 is 1.19 bits per heavy atom. The lowest BCUT2D eigenvalue weighted by Crippen LogP contribution is -2.29. The second-order valence-corrected chi connectivity index (χ2v) is 10.9. The minimum atomic E-state index is -0.923. The van der Waals surface area contributed by atoms with Gasteiger partial charge in [-0.05, 0) is 81.6 Å². The van der Waals surface area contributed by atoms with E-state index in [1.165, 1.54) is 23.9 Å². The topological polar surface area (TPSA) is 91.6 Å². The van der Waals surface area contributed by atoms with Crippen LogP contribution in [0.15, 0.2) is 64.6 Å². The third-order valence-electron chi connectivity index (χ3n) is 5.87. The Kier molecular flexibility index (Phi) is 6.44. The van der Waals surface area contributed by atoms with Gasteiger partial charge < -0.3 is 15.7 Å². The number of nitrogens with one attached hydrogen (secondary N) is 2. The van der Waals surface area contributed by atoms with Gasteiger partial charge in [0.2, 0.25) is 0 Å². The lowest BCUT2D eigenvalue weighted by Gasteiger charge is -2.19. The molecule has 3 N–H and O–H groups in total.